The molecule has 25 heavy (non-hydrogen) atoms. The lowest BCUT2D eigenvalue weighted by atomic mass is 10.1. The molecule has 0 saturated heterocycles. The number of rotatable bonds is 4. The fourth-order valence-corrected chi connectivity index (χ4v) is 3.98. The number of imidazole rings is 1. The zero-order valence-electron chi connectivity index (χ0n) is 14.0. The Bertz CT molecular complexity index is 870. The highest BCUT2D eigenvalue weighted by Crippen LogP contribution is 2.28. The smallest absolute Gasteiger partial charge is 0.257 e. The van der Waals surface area contributed by atoms with Crippen LogP contribution in [-0.4, -0.2) is 38.9 Å². The molecule has 0 fully saturated rings. The maximum Gasteiger partial charge on any atom is 0.257 e. The molecule has 1 amide bonds. The van der Waals surface area contributed by atoms with Crippen LogP contribution in [-0.2, 0) is 19.5 Å². The number of amides is 1. The second kappa shape index (κ2) is 6.78. The first-order chi connectivity index (χ1) is 12.2. The number of hydrogen-bond donors (Lipinski definition) is 1. The predicted molar refractivity (Wildman–Crippen MR) is 97.9 cm³/mol. The molecule has 4 rings (SSSR count). The second-order valence-corrected chi connectivity index (χ2v) is 7.35. The van der Waals surface area contributed by atoms with Gasteiger partial charge in [-0.15, -0.1) is 11.3 Å². The summed E-state index contributed by atoms with van der Waals surface area (Å²) in [5.74, 6) is -0.117. The lowest BCUT2D eigenvalue weighted by molar-refractivity contribution is 0.102. The van der Waals surface area contributed by atoms with Crippen LogP contribution in [0.15, 0.2) is 43.0 Å². The second-order valence-electron chi connectivity index (χ2n) is 6.26. The van der Waals surface area contributed by atoms with Gasteiger partial charge in [-0.2, -0.15) is 0 Å². The fourth-order valence-electron chi connectivity index (χ4n) is 2.90. The average molecular weight is 353 g/mol. The number of fused-ring (bicyclic) bond motifs is 1. The lowest BCUT2D eigenvalue weighted by Gasteiger charge is -2.20. The Morgan fingerprint density at radius 3 is 2.92 bits per heavy atom. The van der Waals surface area contributed by atoms with Gasteiger partial charge in [-0.3, -0.25) is 10.1 Å². The Morgan fingerprint density at radius 2 is 2.16 bits per heavy atom. The summed E-state index contributed by atoms with van der Waals surface area (Å²) in [5.41, 5.74) is 2.89. The van der Waals surface area contributed by atoms with Crippen molar-refractivity contribution in [2.24, 2.45) is 0 Å². The van der Waals surface area contributed by atoms with Crippen LogP contribution < -0.4 is 5.32 Å². The number of hydrogen-bond acceptors (Lipinski definition) is 5. The number of carbonyl (C=O) groups excluding carboxylic acids is 1. The van der Waals surface area contributed by atoms with E-state index in [1.54, 1.807) is 23.9 Å². The molecule has 1 aliphatic rings. The van der Waals surface area contributed by atoms with E-state index >= 15 is 0 Å². The standard InChI is InChI=1S/C18H19N5OS/c1-22-8-6-15-16(11-22)25-18(20-15)21-17(24)14-4-2-13(3-5-14)10-23-9-7-19-12-23/h2-5,7,9,12H,6,8,10-11H2,1H3,(H,20,21,24). The van der Waals surface area contributed by atoms with E-state index in [0.29, 0.717) is 10.7 Å². The van der Waals surface area contributed by atoms with E-state index in [2.05, 4.69) is 27.2 Å². The number of likely N-dealkylation sites (N-methyl/N-ethyl adjacent to an activating group) is 1. The number of benzene rings is 1. The highest BCUT2D eigenvalue weighted by atomic mass is 32.1. The Kier molecular flexibility index (Phi) is 4.33. The molecule has 2 aromatic heterocycles. The maximum absolute atomic E-state index is 12.4. The van der Waals surface area contributed by atoms with Crippen molar-refractivity contribution in [2.75, 3.05) is 18.9 Å². The van der Waals surface area contributed by atoms with E-state index in [9.17, 15) is 4.79 Å². The minimum Gasteiger partial charge on any atom is -0.333 e. The molecule has 1 aliphatic heterocycles. The minimum atomic E-state index is -0.117. The molecule has 0 bridgehead atoms. The monoisotopic (exact) mass is 353 g/mol. The van der Waals surface area contributed by atoms with Crippen LogP contribution >= 0.6 is 11.3 Å². The Balaban J connectivity index is 1.42. The molecule has 7 heteroatoms. The van der Waals surface area contributed by atoms with Gasteiger partial charge in [0, 0.05) is 48.9 Å². The SMILES string of the molecule is CN1CCc2nc(NC(=O)c3ccc(Cn4ccnc4)cc3)sc2C1. The van der Waals surface area contributed by atoms with Crippen molar-refractivity contribution in [1.82, 2.24) is 19.4 Å². The third-order valence-corrected chi connectivity index (χ3v) is 5.28. The van der Waals surface area contributed by atoms with Gasteiger partial charge in [0.2, 0.25) is 0 Å². The molecule has 1 aromatic carbocycles. The van der Waals surface area contributed by atoms with E-state index in [1.165, 1.54) is 4.88 Å². The van der Waals surface area contributed by atoms with Gasteiger partial charge in [0.15, 0.2) is 5.13 Å². The molecule has 3 heterocycles. The largest absolute Gasteiger partial charge is 0.333 e. The third kappa shape index (κ3) is 3.62. The van der Waals surface area contributed by atoms with Crippen molar-refractivity contribution >= 4 is 22.4 Å². The number of nitrogens with zero attached hydrogens (tertiary/aromatic N) is 4. The van der Waals surface area contributed by atoms with Gasteiger partial charge in [0.05, 0.1) is 12.0 Å². The van der Waals surface area contributed by atoms with Crippen LogP contribution in [0.25, 0.3) is 0 Å². The number of nitrogens with one attached hydrogen (secondary N) is 1. The fraction of sp³-hybridized carbons (Fsp3) is 0.278. The van der Waals surface area contributed by atoms with Crippen molar-refractivity contribution in [3.8, 4) is 0 Å². The van der Waals surface area contributed by atoms with Crippen molar-refractivity contribution in [3.63, 3.8) is 0 Å². The highest BCUT2D eigenvalue weighted by molar-refractivity contribution is 7.15. The summed E-state index contributed by atoms with van der Waals surface area (Å²) >= 11 is 1.57. The number of aromatic nitrogens is 3. The van der Waals surface area contributed by atoms with Crippen LogP contribution in [0.1, 0.15) is 26.5 Å². The molecule has 0 atom stereocenters. The minimum absolute atomic E-state index is 0.117. The number of thiazole rings is 1. The maximum atomic E-state index is 12.4. The molecule has 6 nitrogen and oxygen atoms in total. The molecule has 0 unspecified atom stereocenters. The van der Waals surface area contributed by atoms with Crippen LogP contribution in [0.3, 0.4) is 0 Å². The van der Waals surface area contributed by atoms with Crippen molar-refractivity contribution in [3.05, 3.63) is 64.7 Å². The summed E-state index contributed by atoms with van der Waals surface area (Å²) < 4.78 is 1.99. The van der Waals surface area contributed by atoms with Crippen LogP contribution in [0.5, 0.6) is 0 Å². The molecule has 0 radical (unpaired) electrons. The zero-order valence-corrected chi connectivity index (χ0v) is 14.8. The molecule has 128 valence electrons. The molecular weight excluding hydrogens is 334 g/mol. The summed E-state index contributed by atoms with van der Waals surface area (Å²) in [6, 6.07) is 7.64. The average Bonchev–Trinajstić information content (AvgIpc) is 3.24. The normalized spacial score (nSPS) is 14.3. The molecule has 0 aliphatic carbocycles. The summed E-state index contributed by atoms with van der Waals surface area (Å²) in [5, 5.41) is 3.62. The topological polar surface area (TPSA) is 63.1 Å². The van der Waals surface area contributed by atoms with E-state index in [4.69, 9.17) is 0 Å². The van der Waals surface area contributed by atoms with Gasteiger partial charge in [-0.25, -0.2) is 9.97 Å². The first kappa shape index (κ1) is 16.0. The molecular formula is C18H19N5OS. The van der Waals surface area contributed by atoms with Gasteiger partial charge in [0.25, 0.3) is 5.91 Å². The summed E-state index contributed by atoms with van der Waals surface area (Å²) in [4.78, 5) is 24.6. The van der Waals surface area contributed by atoms with E-state index in [0.717, 1.165) is 37.3 Å². The third-order valence-electron chi connectivity index (χ3n) is 4.28. The Morgan fingerprint density at radius 1 is 1.32 bits per heavy atom. The van der Waals surface area contributed by atoms with Crippen LogP contribution in [0, 0.1) is 0 Å². The van der Waals surface area contributed by atoms with Gasteiger partial charge in [-0.05, 0) is 24.7 Å². The summed E-state index contributed by atoms with van der Waals surface area (Å²) in [6.45, 7) is 2.67. The quantitative estimate of drug-likeness (QED) is 0.783. The van der Waals surface area contributed by atoms with E-state index in [1.807, 2.05) is 35.0 Å². The molecule has 3 aromatic rings. The van der Waals surface area contributed by atoms with Gasteiger partial charge >= 0.3 is 0 Å². The van der Waals surface area contributed by atoms with Crippen molar-refractivity contribution < 1.29 is 4.79 Å². The summed E-state index contributed by atoms with van der Waals surface area (Å²) in [6.07, 6.45) is 6.40. The van der Waals surface area contributed by atoms with Crippen molar-refractivity contribution in [1.29, 1.82) is 0 Å². The van der Waals surface area contributed by atoms with Crippen LogP contribution in [0.4, 0.5) is 5.13 Å². The Labute approximate surface area is 150 Å². The number of anilines is 1. The zero-order chi connectivity index (χ0) is 17.2. The molecule has 0 saturated carbocycles. The predicted octanol–water partition coefficient (Wildman–Crippen LogP) is 2.63. The van der Waals surface area contributed by atoms with Crippen molar-refractivity contribution in [2.45, 2.75) is 19.5 Å². The van der Waals surface area contributed by atoms with Gasteiger partial charge in [0.1, 0.15) is 0 Å². The first-order valence-corrected chi connectivity index (χ1v) is 9.02. The van der Waals surface area contributed by atoms with Gasteiger partial charge < -0.3 is 9.47 Å². The highest BCUT2D eigenvalue weighted by Gasteiger charge is 2.19. The Hall–Kier alpha value is -2.51. The first-order valence-electron chi connectivity index (χ1n) is 8.20. The van der Waals surface area contributed by atoms with Gasteiger partial charge in [-0.1, -0.05) is 12.1 Å². The number of carbonyl (C=O) groups is 1. The lowest BCUT2D eigenvalue weighted by Crippen LogP contribution is -2.25. The van der Waals surface area contributed by atoms with E-state index in [-0.39, 0.29) is 5.91 Å². The van der Waals surface area contributed by atoms with Crippen LogP contribution in [0.2, 0.25) is 0 Å². The summed E-state index contributed by atoms with van der Waals surface area (Å²) in [7, 11) is 2.10. The molecule has 0 spiro atoms. The molecule has 1 N–H and O–H groups in total. The van der Waals surface area contributed by atoms with E-state index < -0.39 is 0 Å².